The molecule has 0 fully saturated rings. The van der Waals surface area contributed by atoms with Crippen LogP contribution >= 0.6 is 0 Å². The molecule has 0 amide bonds. The van der Waals surface area contributed by atoms with Gasteiger partial charge in [-0.05, 0) is 37.0 Å². The Bertz CT molecular complexity index is 844. The van der Waals surface area contributed by atoms with E-state index in [0.29, 0.717) is 0 Å². The molecule has 53 heavy (non-hydrogen) atoms. The van der Waals surface area contributed by atoms with Gasteiger partial charge in [-0.2, -0.15) is 0 Å². The highest BCUT2D eigenvalue weighted by molar-refractivity contribution is 5.61. The Balaban J connectivity index is 2.49. The van der Waals surface area contributed by atoms with Crippen molar-refractivity contribution in [2.24, 2.45) is 0 Å². The third-order valence-corrected chi connectivity index (χ3v) is 11.0. The van der Waals surface area contributed by atoms with Crippen molar-refractivity contribution in [1.82, 2.24) is 0 Å². The molecule has 0 bridgehead atoms. The zero-order chi connectivity index (χ0) is 38.1. The van der Waals surface area contributed by atoms with Crippen molar-refractivity contribution in [3.63, 3.8) is 0 Å². The summed E-state index contributed by atoms with van der Waals surface area (Å²) >= 11 is 0. The van der Waals surface area contributed by atoms with E-state index in [1.165, 1.54) is 212 Å². The summed E-state index contributed by atoms with van der Waals surface area (Å²) < 4.78 is 19.4. The Morgan fingerprint density at radius 1 is 0.340 bits per heavy atom. The summed E-state index contributed by atoms with van der Waals surface area (Å²) in [5.74, 6) is 2.46. The maximum atomic E-state index is 6.50. The first-order valence-corrected chi connectivity index (χ1v) is 24.0. The van der Waals surface area contributed by atoms with Gasteiger partial charge in [0.15, 0.2) is 11.5 Å². The van der Waals surface area contributed by atoms with E-state index in [1.807, 2.05) is 6.08 Å². The van der Waals surface area contributed by atoms with Gasteiger partial charge in [0, 0.05) is 0 Å². The van der Waals surface area contributed by atoms with E-state index < -0.39 is 0 Å². The van der Waals surface area contributed by atoms with Crippen LogP contribution in [-0.2, 0) is 0 Å². The molecule has 3 heteroatoms. The van der Waals surface area contributed by atoms with Crippen LogP contribution in [0.4, 0.5) is 0 Å². The molecule has 1 aromatic carbocycles. The van der Waals surface area contributed by atoms with Gasteiger partial charge in [0.25, 0.3) is 0 Å². The third-order valence-electron chi connectivity index (χ3n) is 11.0. The molecule has 0 N–H and O–H groups in total. The van der Waals surface area contributed by atoms with E-state index in [-0.39, 0.29) is 0 Å². The molecule has 3 nitrogen and oxygen atoms in total. The molecule has 0 radical (unpaired) electrons. The standard InChI is InChI=1S/C50H92O3/c1-5-9-12-15-18-21-24-27-30-33-36-39-42-51-48-45-47(8-4)46-49(52-43-40-37-34-31-28-25-22-19-16-13-10-6-2)50(48)53-44-41-38-35-32-29-26-23-20-17-14-11-7-3/h8,45-46H,4-7,9-44H2,1-3H3. The number of ether oxygens (including phenoxy) is 3. The Morgan fingerprint density at radius 3 is 0.811 bits per heavy atom. The van der Waals surface area contributed by atoms with Crippen molar-refractivity contribution in [2.45, 2.75) is 252 Å². The summed E-state index contributed by atoms with van der Waals surface area (Å²) in [6.45, 7) is 13.1. The minimum absolute atomic E-state index is 0.717. The van der Waals surface area contributed by atoms with E-state index in [9.17, 15) is 0 Å². The minimum atomic E-state index is 0.717. The molecule has 1 aromatic rings. The molecule has 0 atom stereocenters. The lowest BCUT2D eigenvalue weighted by Gasteiger charge is -2.18. The Labute approximate surface area is 332 Å². The number of rotatable bonds is 43. The average Bonchev–Trinajstić information content (AvgIpc) is 3.17. The van der Waals surface area contributed by atoms with Crippen LogP contribution in [0.25, 0.3) is 6.08 Å². The number of unbranched alkanes of at least 4 members (excludes halogenated alkanes) is 33. The monoisotopic (exact) mass is 741 g/mol. The van der Waals surface area contributed by atoms with Crippen LogP contribution in [-0.4, -0.2) is 19.8 Å². The van der Waals surface area contributed by atoms with E-state index in [4.69, 9.17) is 14.2 Å². The molecule has 0 aliphatic heterocycles. The Hall–Kier alpha value is -1.64. The second kappa shape index (κ2) is 40.0. The van der Waals surface area contributed by atoms with E-state index >= 15 is 0 Å². The largest absolute Gasteiger partial charge is 0.490 e. The third kappa shape index (κ3) is 31.3. The summed E-state index contributed by atoms with van der Waals surface area (Å²) in [5, 5.41) is 0. The van der Waals surface area contributed by atoms with Crippen LogP contribution in [0.3, 0.4) is 0 Å². The zero-order valence-corrected chi connectivity index (χ0v) is 36.2. The Morgan fingerprint density at radius 2 is 0.566 bits per heavy atom. The SMILES string of the molecule is C=Cc1cc(OCCCCCCCCCCCCCC)c(OCCCCCCCCCCCCCC)c(OCCCCCCCCCCCCCC)c1. The van der Waals surface area contributed by atoms with Gasteiger partial charge >= 0.3 is 0 Å². The molecule has 0 aliphatic rings. The summed E-state index contributed by atoms with van der Waals surface area (Å²) in [6, 6.07) is 4.20. The van der Waals surface area contributed by atoms with Gasteiger partial charge in [-0.15, -0.1) is 0 Å². The minimum Gasteiger partial charge on any atom is -0.490 e. The predicted octanol–water partition coefficient (Wildman–Crippen LogP) is 17.6. The predicted molar refractivity (Wildman–Crippen MR) is 236 cm³/mol. The molecule has 0 spiro atoms. The van der Waals surface area contributed by atoms with Gasteiger partial charge in [0.2, 0.25) is 5.75 Å². The summed E-state index contributed by atoms with van der Waals surface area (Å²) in [6.07, 6.45) is 50.5. The fourth-order valence-electron chi connectivity index (χ4n) is 7.44. The van der Waals surface area contributed by atoms with Crippen molar-refractivity contribution in [3.8, 4) is 17.2 Å². The molecule has 0 saturated heterocycles. The van der Waals surface area contributed by atoms with Gasteiger partial charge in [0.05, 0.1) is 19.8 Å². The van der Waals surface area contributed by atoms with Crippen molar-refractivity contribution in [1.29, 1.82) is 0 Å². The highest BCUT2D eigenvalue weighted by atomic mass is 16.5. The summed E-state index contributed by atoms with van der Waals surface area (Å²) in [5.41, 5.74) is 1.04. The summed E-state index contributed by atoms with van der Waals surface area (Å²) in [4.78, 5) is 0. The fraction of sp³-hybridized carbons (Fsp3) is 0.840. The second-order valence-electron chi connectivity index (χ2n) is 16.3. The molecule has 0 aliphatic carbocycles. The molecule has 0 unspecified atom stereocenters. The molecule has 0 aromatic heterocycles. The van der Waals surface area contributed by atoms with Crippen LogP contribution in [0.1, 0.15) is 257 Å². The maximum absolute atomic E-state index is 6.50. The van der Waals surface area contributed by atoms with Crippen molar-refractivity contribution in [2.75, 3.05) is 19.8 Å². The van der Waals surface area contributed by atoms with Gasteiger partial charge in [-0.1, -0.05) is 245 Å². The molecular formula is C50H92O3. The molecule has 1 rings (SSSR count). The first kappa shape index (κ1) is 49.4. The Kier molecular flexibility index (Phi) is 37.3. The van der Waals surface area contributed by atoms with Gasteiger partial charge < -0.3 is 14.2 Å². The van der Waals surface area contributed by atoms with Crippen LogP contribution < -0.4 is 14.2 Å². The van der Waals surface area contributed by atoms with Crippen LogP contribution in [0.5, 0.6) is 17.2 Å². The first-order chi connectivity index (χ1) is 26.3. The van der Waals surface area contributed by atoms with Crippen molar-refractivity contribution >= 4 is 6.08 Å². The highest BCUT2D eigenvalue weighted by Crippen LogP contribution is 2.40. The lowest BCUT2D eigenvalue weighted by Crippen LogP contribution is -2.06. The van der Waals surface area contributed by atoms with Gasteiger partial charge in [-0.25, -0.2) is 0 Å². The van der Waals surface area contributed by atoms with Gasteiger partial charge in [-0.3, -0.25) is 0 Å². The van der Waals surface area contributed by atoms with E-state index in [1.54, 1.807) is 0 Å². The first-order valence-electron chi connectivity index (χ1n) is 24.0. The maximum Gasteiger partial charge on any atom is 0.203 e. The lowest BCUT2D eigenvalue weighted by molar-refractivity contribution is 0.234. The average molecular weight is 741 g/mol. The summed E-state index contributed by atoms with van der Waals surface area (Å²) in [7, 11) is 0. The quantitative estimate of drug-likeness (QED) is 0.0624. The van der Waals surface area contributed by atoms with E-state index in [0.717, 1.165) is 61.9 Å². The van der Waals surface area contributed by atoms with Gasteiger partial charge in [0.1, 0.15) is 0 Å². The molecular weight excluding hydrogens is 649 g/mol. The topological polar surface area (TPSA) is 27.7 Å². The number of hydrogen-bond acceptors (Lipinski definition) is 3. The highest BCUT2D eigenvalue weighted by Gasteiger charge is 2.15. The van der Waals surface area contributed by atoms with Crippen LogP contribution in [0, 0.1) is 0 Å². The number of benzene rings is 1. The molecule has 0 heterocycles. The van der Waals surface area contributed by atoms with Crippen LogP contribution in [0.15, 0.2) is 18.7 Å². The van der Waals surface area contributed by atoms with Crippen molar-refractivity contribution in [3.05, 3.63) is 24.3 Å². The molecule has 310 valence electrons. The smallest absolute Gasteiger partial charge is 0.203 e. The number of hydrogen-bond donors (Lipinski definition) is 0. The lowest BCUT2D eigenvalue weighted by atomic mass is 10.1. The second-order valence-corrected chi connectivity index (χ2v) is 16.3. The van der Waals surface area contributed by atoms with Crippen LogP contribution in [0.2, 0.25) is 0 Å². The molecule has 0 saturated carbocycles. The zero-order valence-electron chi connectivity index (χ0n) is 36.2. The van der Waals surface area contributed by atoms with E-state index in [2.05, 4.69) is 39.5 Å². The fourth-order valence-corrected chi connectivity index (χ4v) is 7.44. The van der Waals surface area contributed by atoms with Crippen molar-refractivity contribution < 1.29 is 14.2 Å². The normalized spacial score (nSPS) is 11.3.